The molecule has 126 valence electrons. The lowest BCUT2D eigenvalue weighted by Crippen LogP contribution is -2.44. The van der Waals surface area contributed by atoms with Gasteiger partial charge in [0.15, 0.2) is 0 Å². The number of piperidine rings is 1. The Bertz CT molecular complexity index is 374. The summed E-state index contributed by atoms with van der Waals surface area (Å²) in [4.78, 5) is 26.2. The van der Waals surface area contributed by atoms with Crippen LogP contribution in [0.5, 0.6) is 0 Å². The number of carbonyl (C=O) groups is 2. The lowest BCUT2D eigenvalue weighted by atomic mass is 9.97. The van der Waals surface area contributed by atoms with E-state index >= 15 is 0 Å². The molecule has 0 N–H and O–H groups in total. The van der Waals surface area contributed by atoms with Gasteiger partial charge in [-0.2, -0.15) is 0 Å². The number of thioether (sulfide) groups is 1. The van der Waals surface area contributed by atoms with Gasteiger partial charge in [0.05, 0.1) is 17.8 Å². The fraction of sp³-hybridized carbons (Fsp3) is 0.882. The summed E-state index contributed by atoms with van der Waals surface area (Å²) in [7, 11) is 0. The highest BCUT2D eigenvalue weighted by Gasteiger charge is 2.31. The Morgan fingerprint density at radius 2 is 1.77 bits per heavy atom. The lowest BCUT2D eigenvalue weighted by molar-refractivity contribution is -0.151. The molecular formula is C17H29NO3S. The minimum Gasteiger partial charge on any atom is -0.466 e. The van der Waals surface area contributed by atoms with Gasteiger partial charge in [-0.15, -0.1) is 11.8 Å². The molecule has 0 radical (unpaired) electrons. The Hall–Kier alpha value is -0.710. The van der Waals surface area contributed by atoms with E-state index in [-0.39, 0.29) is 23.0 Å². The van der Waals surface area contributed by atoms with Crippen LogP contribution in [0, 0.1) is 5.92 Å². The molecule has 1 atom stereocenters. The number of esters is 1. The number of carbonyl (C=O) groups excluding carboxylic acids is 2. The molecule has 4 nitrogen and oxygen atoms in total. The fourth-order valence-electron chi connectivity index (χ4n) is 3.40. The van der Waals surface area contributed by atoms with Crippen LogP contribution in [0.15, 0.2) is 0 Å². The minimum atomic E-state index is -0.0979. The molecule has 2 aliphatic rings. The highest BCUT2D eigenvalue weighted by atomic mass is 32.2. The predicted molar refractivity (Wildman–Crippen MR) is 89.9 cm³/mol. The summed E-state index contributed by atoms with van der Waals surface area (Å²) in [6.45, 7) is 5.70. The fourth-order valence-corrected chi connectivity index (χ4v) is 4.85. The number of likely N-dealkylation sites (tertiary alicyclic amines) is 1. The van der Waals surface area contributed by atoms with Crippen molar-refractivity contribution in [1.82, 2.24) is 4.90 Å². The zero-order valence-corrected chi connectivity index (χ0v) is 14.7. The number of nitrogens with zero attached hydrogens (tertiary/aromatic N) is 1. The van der Waals surface area contributed by atoms with Gasteiger partial charge in [0.2, 0.25) is 5.91 Å². The van der Waals surface area contributed by atoms with Crippen molar-refractivity contribution in [3.05, 3.63) is 0 Å². The van der Waals surface area contributed by atoms with E-state index in [9.17, 15) is 9.59 Å². The number of rotatable bonds is 5. The number of hydrogen-bond acceptors (Lipinski definition) is 4. The maximum Gasteiger partial charge on any atom is 0.309 e. The minimum absolute atomic E-state index is 0.0229. The largest absolute Gasteiger partial charge is 0.466 e. The molecule has 0 aromatic heterocycles. The van der Waals surface area contributed by atoms with Gasteiger partial charge in [-0.25, -0.2) is 0 Å². The van der Waals surface area contributed by atoms with Crippen LogP contribution in [0.1, 0.15) is 58.8 Å². The SMILES string of the molecule is CCOC(=O)C1CCN(C(=O)C(C)SC2CCCCC2)CC1. The van der Waals surface area contributed by atoms with Crippen molar-refractivity contribution >= 4 is 23.6 Å². The van der Waals surface area contributed by atoms with Gasteiger partial charge in [-0.1, -0.05) is 19.3 Å². The Kier molecular flexibility index (Phi) is 7.06. The van der Waals surface area contributed by atoms with E-state index in [1.165, 1.54) is 32.1 Å². The number of hydrogen-bond donors (Lipinski definition) is 0. The summed E-state index contributed by atoms with van der Waals surface area (Å²) in [5, 5.41) is 0.701. The monoisotopic (exact) mass is 327 g/mol. The summed E-state index contributed by atoms with van der Waals surface area (Å²) in [6.07, 6.45) is 7.96. The third-order valence-corrected chi connectivity index (χ3v) is 6.19. The smallest absolute Gasteiger partial charge is 0.309 e. The van der Waals surface area contributed by atoms with E-state index in [4.69, 9.17) is 4.74 Å². The second-order valence-corrected chi connectivity index (χ2v) is 8.04. The van der Waals surface area contributed by atoms with E-state index in [0.29, 0.717) is 24.9 Å². The van der Waals surface area contributed by atoms with Crippen molar-refractivity contribution in [3.8, 4) is 0 Å². The number of amides is 1. The van der Waals surface area contributed by atoms with E-state index < -0.39 is 0 Å². The van der Waals surface area contributed by atoms with Crippen LogP contribution in [-0.2, 0) is 14.3 Å². The van der Waals surface area contributed by atoms with Gasteiger partial charge in [0.1, 0.15) is 0 Å². The highest BCUT2D eigenvalue weighted by molar-refractivity contribution is 8.01. The van der Waals surface area contributed by atoms with Crippen LogP contribution in [0.4, 0.5) is 0 Å². The molecule has 1 aliphatic heterocycles. The predicted octanol–water partition coefficient (Wildman–Crippen LogP) is 3.24. The van der Waals surface area contributed by atoms with Crippen molar-refractivity contribution in [3.63, 3.8) is 0 Å². The average molecular weight is 327 g/mol. The molecule has 0 bridgehead atoms. The molecule has 2 fully saturated rings. The first-order chi connectivity index (χ1) is 10.6. The second-order valence-electron chi connectivity index (χ2n) is 6.39. The van der Waals surface area contributed by atoms with Gasteiger partial charge in [0, 0.05) is 18.3 Å². The first-order valence-corrected chi connectivity index (χ1v) is 9.67. The molecule has 22 heavy (non-hydrogen) atoms. The normalized spacial score (nSPS) is 22.4. The molecule has 1 unspecified atom stereocenters. The van der Waals surface area contributed by atoms with E-state index in [1.54, 1.807) is 0 Å². The van der Waals surface area contributed by atoms with Crippen LogP contribution in [0.2, 0.25) is 0 Å². The Morgan fingerprint density at radius 1 is 1.14 bits per heavy atom. The molecule has 0 spiro atoms. The zero-order valence-electron chi connectivity index (χ0n) is 13.9. The molecule has 1 amide bonds. The van der Waals surface area contributed by atoms with E-state index in [2.05, 4.69) is 0 Å². The quantitative estimate of drug-likeness (QED) is 0.727. The topological polar surface area (TPSA) is 46.6 Å². The molecule has 0 aromatic carbocycles. The summed E-state index contributed by atoms with van der Waals surface area (Å²) >= 11 is 1.85. The van der Waals surface area contributed by atoms with Gasteiger partial charge in [-0.05, 0) is 39.5 Å². The Morgan fingerprint density at radius 3 is 2.36 bits per heavy atom. The van der Waals surface area contributed by atoms with Gasteiger partial charge >= 0.3 is 5.97 Å². The average Bonchev–Trinajstić information content (AvgIpc) is 2.55. The van der Waals surface area contributed by atoms with Crippen molar-refractivity contribution < 1.29 is 14.3 Å². The molecule has 1 saturated carbocycles. The first-order valence-electron chi connectivity index (χ1n) is 8.72. The van der Waals surface area contributed by atoms with Crippen molar-refractivity contribution in [1.29, 1.82) is 0 Å². The zero-order chi connectivity index (χ0) is 15.9. The molecule has 1 aliphatic carbocycles. The molecule has 2 rings (SSSR count). The van der Waals surface area contributed by atoms with Crippen molar-refractivity contribution in [2.75, 3.05) is 19.7 Å². The lowest BCUT2D eigenvalue weighted by Gasteiger charge is -2.33. The van der Waals surface area contributed by atoms with Gasteiger partial charge in [0.25, 0.3) is 0 Å². The summed E-state index contributed by atoms with van der Waals surface area (Å²) < 4.78 is 5.08. The standard InChI is InChI=1S/C17H29NO3S/c1-3-21-17(20)14-9-11-18(12-10-14)16(19)13(2)22-15-7-5-4-6-8-15/h13-15H,3-12H2,1-2H3. The first kappa shape index (κ1) is 17.6. The van der Waals surface area contributed by atoms with Crippen molar-refractivity contribution in [2.24, 2.45) is 5.92 Å². The van der Waals surface area contributed by atoms with Crippen LogP contribution in [0.25, 0.3) is 0 Å². The molecule has 0 aromatic rings. The van der Waals surface area contributed by atoms with E-state index in [1.807, 2.05) is 30.5 Å². The third-order valence-electron chi connectivity index (χ3n) is 4.72. The van der Waals surface area contributed by atoms with Gasteiger partial charge < -0.3 is 9.64 Å². The maximum atomic E-state index is 12.6. The van der Waals surface area contributed by atoms with Crippen LogP contribution >= 0.6 is 11.8 Å². The van der Waals surface area contributed by atoms with Crippen LogP contribution < -0.4 is 0 Å². The van der Waals surface area contributed by atoms with Crippen molar-refractivity contribution in [2.45, 2.75) is 69.3 Å². The maximum absolute atomic E-state index is 12.6. The summed E-state index contributed by atoms with van der Waals surface area (Å²) in [5.41, 5.74) is 0. The highest BCUT2D eigenvalue weighted by Crippen LogP contribution is 2.32. The van der Waals surface area contributed by atoms with Crippen LogP contribution in [-0.4, -0.2) is 47.0 Å². The Balaban J connectivity index is 1.75. The van der Waals surface area contributed by atoms with E-state index in [0.717, 1.165) is 12.8 Å². The second kappa shape index (κ2) is 8.80. The summed E-state index contributed by atoms with van der Waals surface area (Å²) in [6, 6.07) is 0. The summed E-state index contributed by atoms with van der Waals surface area (Å²) in [5.74, 6) is 0.127. The van der Waals surface area contributed by atoms with Gasteiger partial charge in [-0.3, -0.25) is 9.59 Å². The number of ether oxygens (including phenoxy) is 1. The molecule has 5 heteroatoms. The Labute approximate surface area is 138 Å². The third kappa shape index (κ3) is 4.90. The molecule has 1 saturated heterocycles. The molecular weight excluding hydrogens is 298 g/mol. The molecule has 1 heterocycles. The van der Waals surface area contributed by atoms with Crippen LogP contribution in [0.3, 0.4) is 0 Å².